The highest BCUT2D eigenvalue weighted by molar-refractivity contribution is 9.10. The Labute approximate surface area is 180 Å². The molecule has 4 nitrogen and oxygen atoms in total. The first kappa shape index (κ1) is 18.3. The highest BCUT2D eigenvalue weighted by Crippen LogP contribution is 2.43. The first-order valence-electron chi connectivity index (χ1n) is 9.20. The molecule has 3 aromatic carbocycles. The topological polar surface area (TPSA) is 71.1 Å². The van der Waals surface area contributed by atoms with E-state index in [4.69, 9.17) is 9.68 Å². The van der Waals surface area contributed by atoms with E-state index in [-0.39, 0.29) is 22.9 Å². The second-order valence-corrected chi connectivity index (χ2v) is 7.83. The summed E-state index contributed by atoms with van der Waals surface area (Å²) < 4.78 is 6.97. The molecular weight excluding hydrogens is 442 g/mol. The third-order valence-electron chi connectivity index (χ3n) is 5.17. The van der Waals surface area contributed by atoms with Crippen LogP contribution >= 0.6 is 15.9 Å². The Morgan fingerprint density at radius 1 is 0.700 bits per heavy atom. The van der Waals surface area contributed by atoms with E-state index in [0.29, 0.717) is 33.6 Å². The maximum absolute atomic E-state index is 13.4. The summed E-state index contributed by atoms with van der Waals surface area (Å²) in [5.41, 5.74) is 3.50. The van der Waals surface area contributed by atoms with Gasteiger partial charge in [0.05, 0.1) is 17.2 Å². The molecule has 0 radical (unpaired) electrons. The number of hydrogen-bond acceptors (Lipinski definition) is 4. The normalized spacial score (nSPS) is 12.3. The highest BCUT2D eigenvalue weighted by Gasteiger charge is 2.37. The number of hydrogen-bond donors (Lipinski definition) is 0. The van der Waals surface area contributed by atoms with E-state index in [2.05, 4.69) is 22.0 Å². The fourth-order valence-electron chi connectivity index (χ4n) is 3.74. The number of carbonyl (C=O) groups is 2. The summed E-state index contributed by atoms with van der Waals surface area (Å²) in [6, 6.07) is 23.2. The average molecular weight is 454 g/mol. The lowest BCUT2D eigenvalue weighted by Gasteiger charge is -2.14. The van der Waals surface area contributed by atoms with Gasteiger partial charge in [-0.3, -0.25) is 9.59 Å². The molecule has 142 valence electrons. The number of rotatable bonds is 2. The molecule has 0 bridgehead atoms. The van der Waals surface area contributed by atoms with Crippen LogP contribution in [0.4, 0.5) is 0 Å². The number of nitrogens with zero attached hydrogens (tertiary/aromatic N) is 1. The Hall–Kier alpha value is -3.75. The molecule has 1 aliphatic carbocycles. The molecule has 0 saturated heterocycles. The second-order valence-electron chi connectivity index (χ2n) is 6.91. The molecule has 0 fully saturated rings. The summed E-state index contributed by atoms with van der Waals surface area (Å²) in [4.78, 5) is 26.5. The number of benzene rings is 3. The first-order valence-corrected chi connectivity index (χ1v) is 9.99. The van der Waals surface area contributed by atoms with E-state index in [1.54, 1.807) is 48.5 Å². The van der Waals surface area contributed by atoms with Crippen LogP contribution in [0.2, 0.25) is 0 Å². The Balaban J connectivity index is 1.82. The van der Waals surface area contributed by atoms with Crippen molar-refractivity contribution in [2.75, 3.05) is 0 Å². The van der Waals surface area contributed by atoms with Crippen LogP contribution in [0.1, 0.15) is 37.6 Å². The molecule has 5 heteroatoms. The van der Waals surface area contributed by atoms with E-state index >= 15 is 0 Å². The van der Waals surface area contributed by atoms with Crippen LogP contribution in [0, 0.1) is 11.3 Å². The molecule has 0 spiro atoms. The minimum Gasteiger partial charge on any atom is -0.451 e. The quantitative estimate of drug-likeness (QED) is 0.327. The van der Waals surface area contributed by atoms with E-state index in [1.807, 2.05) is 24.3 Å². The van der Waals surface area contributed by atoms with Gasteiger partial charge in [0.2, 0.25) is 5.78 Å². The average Bonchev–Trinajstić information content (AvgIpc) is 3.19. The SMILES string of the molecule is N#Cc1ccc(-c2c(-c3ccc(Br)cc3)oc3c2C(=O)c2ccccc2C3=O)cc1. The van der Waals surface area contributed by atoms with Crippen molar-refractivity contribution in [3.8, 4) is 28.5 Å². The Morgan fingerprint density at radius 3 is 1.93 bits per heavy atom. The predicted octanol–water partition coefficient (Wildman–Crippen LogP) is 6.02. The molecule has 0 amide bonds. The lowest BCUT2D eigenvalue weighted by Crippen LogP contribution is -2.19. The van der Waals surface area contributed by atoms with E-state index < -0.39 is 0 Å². The van der Waals surface area contributed by atoms with E-state index in [1.165, 1.54) is 0 Å². The third-order valence-corrected chi connectivity index (χ3v) is 5.70. The summed E-state index contributed by atoms with van der Waals surface area (Å²) >= 11 is 3.42. The Kier molecular flexibility index (Phi) is 4.23. The molecule has 0 N–H and O–H groups in total. The summed E-state index contributed by atoms with van der Waals surface area (Å²) in [5.74, 6) is -0.0483. The van der Waals surface area contributed by atoms with Gasteiger partial charge >= 0.3 is 0 Å². The van der Waals surface area contributed by atoms with Crippen molar-refractivity contribution in [3.05, 3.63) is 105 Å². The number of nitriles is 1. The van der Waals surface area contributed by atoms with Crippen molar-refractivity contribution in [2.45, 2.75) is 0 Å². The summed E-state index contributed by atoms with van der Waals surface area (Å²) in [7, 11) is 0. The van der Waals surface area contributed by atoms with Crippen molar-refractivity contribution in [2.24, 2.45) is 0 Å². The molecule has 1 aliphatic rings. The summed E-state index contributed by atoms with van der Waals surface area (Å²) in [6.07, 6.45) is 0. The Bertz CT molecular complexity index is 1370. The summed E-state index contributed by atoms with van der Waals surface area (Å²) in [6.45, 7) is 0. The predicted molar refractivity (Wildman–Crippen MR) is 115 cm³/mol. The van der Waals surface area contributed by atoms with E-state index in [9.17, 15) is 9.59 Å². The molecule has 5 rings (SSSR count). The molecular formula is C25H12BrNO3. The molecule has 0 atom stereocenters. The molecule has 1 aromatic heterocycles. The minimum absolute atomic E-state index is 0.0518. The number of fused-ring (bicyclic) bond motifs is 2. The zero-order valence-electron chi connectivity index (χ0n) is 15.5. The molecule has 1 heterocycles. The van der Waals surface area contributed by atoms with Gasteiger partial charge in [-0.15, -0.1) is 0 Å². The van der Waals surface area contributed by atoms with Gasteiger partial charge in [0.15, 0.2) is 11.5 Å². The second kappa shape index (κ2) is 6.94. The zero-order valence-corrected chi connectivity index (χ0v) is 17.1. The van der Waals surface area contributed by atoms with Crippen LogP contribution in [0.5, 0.6) is 0 Å². The molecule has 4 aromatic rings. The van der Waals surface area contributed by atoms with Crippen molar-refractivity contribution < 1.29 is 14.0 Å². The van der Waals surface area contributed by atoms with Gasteiger partial charge in [0, 0.05) is 26.7 Å². The van der Waals surface area contributed by atoms with Gasteiger partial charge in [0.25, 0.3) is 0 Å². The van der Waals surface area contributed by atoms with Gasteiger partial charge in [-0.05, 0) is 29.8 Å². The first-order chi connectivity index (χ1) is 14.6. The number of furan rings is 1. The largest absolute Gasteiger partial charge is 0.451 e. The van der Waals surface area contributed by atoms with Crippen molar-refractivity contribution in [1.29, 1.82) is 5.26 Å². The standard InChI is InChI=1S/C25H12BrNO3/c26-17-11-9-16(10-12-17)24-20(15-7-5-14(13-27)6-8-15)21-22(28)18-3-1-2-4-19(18)23(29)25(21)30-24/h1-12H. The lowest BCUT2D eigenvalue weighted by atomic mass is 9.84. The number of carbonyl (C=O) groups excluding carboxylic acids is 2. The molecule has 30 heavy (non-hydrogen) atoms. The van der Waals surface area contributed by atoms with Crippen molar-refractivity contribution in [1.82, 2.24) is 0 Å². The maximum atomic E-state index is 13.4. The van der Waals surface area contributed by atoms with Crippen LogP contribution in [0.3, 0.4) is 0 Å². The van der Waals surface area contributed by atoms with E-state index in [0.717, 1.165) is 10.0 Å². The van der Waals surface area contributed by atoms with Crippen LogP contribution in [-0.4, -0.2) is 11.6 Å². The van der Waals surface area contributed by atoms with Gasteiger partial charge in [0.1, 0.15) is 5.76 Å². The van der Waals surface area contributed by atoms with Gasteiger partial charge in [-0.1, -0.05) is 64.5 Å². The van der Waals surface area contributed by atoms with Crippen LogP contribution in [-0.2, 0) is 0 Å². The summed E-state index contributed by atoms with van der Waals surface area (Å²) in [5, 5.41) is 9.12. The fraction of sp³-hybridized carbons (Fsp3) is 0. The highest BCUT2D eigenvalue weighted by atomic mass is 79.9. The zero-order chi connectivity index (χ0) is 20.8. The smallest absolute Gasteiger partial charge is 0.229 e. The third kappa shape index (κ3) is 2.73. The van der Waals surface area contributed by atoms with Gasteiger partial charge < -0.3 is 4.42 Å². The fourth-order valence-corrected chi connectivity index (χ4v) is 4.00. The minimum atomic E-state index is -0.307. The molecule has 0 aliphatic heterocycles. The monoisotopic (exact) mass is 453 g/mol. The maximum Gasteiger partial charge on any atom is 0.229 e. The molecule has 0 unspecified atom stereocenters. The van der Waals surface area contributed by atoms with Crippen LogP contribution in [0.15, 0.2) is 81.7 Å². The number of halogens is 1. The van der Waals surface area contributed by atoms with Crippen LogP contribution in [0.25, 0.3) is 22.5 Å². The molecule has 0 saturated carbocycles. The Morgan fingerprint density at radius 2 is 1.30 bits per heavy atom. The van der Waals surface area contributed by atoms with Gasteiger partial charge in [-0.2, -0.15) is 5.26 Å². The van der Waals surface area contributed by atoms with Gasteiger partial charge in [-0.25, -0.2) is 0 Å². The number of ketones is 2. The van der Waals surface area contributed by atoms with Crippen LogP contribution < -0.4 is 0 Å². The lowest BCUT2D eigenvalue weighted by molar-refractivity contribution is 0.0961. The van der Waals surface area contributed by atoms with Crippen molar-refractivity contribution >= 4 is 27.5 Å². The van der Waals surface area contributed by atoms with Crippen molar-refractivity contribution in [3.63, 3.8) is 0 Å².